The molecule has 5 rings (SSSR count). The molecule has 8 nitrogen and oxygen atoms in total. The van der Waals surface area contributed by atoms with E-state index in [1.165, 1.54) is 16.8 Å². The van der Waals surface area contributed by atoms with Crippen molar-refractivity contribution in [3.05, 3.63) is 78.0 Å². The van der Waals surface area contributed by atoms with Crippen molar-refractivity contribution in [1.82, 2.24) is 9.58 Å². The van der Waals surface area contributed by atoms with Crippen molar-refractivity contribution in [2.75, 3.05) is 6.61 Å². The van der Waals surface area contributed by atoms with Crippen LogP contribution in [0.15, 0.2) is 81.1 Å². The molecule has 3 aromatic rings. The van der Waals surface area contributed by atoms with Gasteiger partial charge in [0.15, 0.2) is 16.6 Å². The molecule has 154 valence electrons. The monoisotopic (exact) mass is 431 g/mol. The van der Waals surface area contributed by atoms with E-state index in [0.717, 1.165) is 17.1 Å². The van der Waals surface area contributed by atoms with Gasteiger partial charge in [-0.25, -0.2) is 0 Å². The lowest BCUT2D eigenvalue weighted by atomic mass is 10.1. The largest absolute Gasteiger partial charge is 0.494 e. The van der Waals surface area contributed by atoms with Crippen LogP contribution in [0.4, 0.5) is 0 Å². The summed E-state index contributed by atoms with van der Waals surface area (Å²) in [5, 5.41) is 15.2. The van der Waals surface area contributed by atoms with Crippen LogP contribution in [0.25, 0.3) is 11.8 Å². The zero-order chi connectivity index (χ0) is 21.4. The Hall–Kier alpha value is -3.85. The van der Waals surface area contributed by atoms with Gasteiger partial charge in [0.05, 0.1) is 18.4 Å². The topological polar surface area (TPSA) is 96.2 Å². The van der Waals surface area contributed by atoms with Crippen molar-refractivity contribution in [1.29, 1.82) is 5.41 Å². The molecular weight excluding hydrogens is 414 g/mol. The maximum atomic E-state index is 12.7. The second-order valence-corrected chi connectivity index (χ2v) is 7.59. The Morgan fingerprint density at radius 3 is 2.77 bits per heavy atom. The molecule has 0 saturated heterocycles. The summed E-state index contributed by atoms with van der Waals surface area (Å²) in [6.45, 7) is 2.54. The number of hydrogen-bond acceptors (Lipinski definition) is 6. The summed E-state index contributed by atoms with van der Waals surface area (Å²) in [6, 6.07) is 15.0. The molecule has 0 saturated carbocycles. The number of nitrogens with one attached hydrogen (secondary N) is 1. The van der Waals surface area contributed by atoms with Crippen LogP contribution in [0.2, 0.25) is 0 Å². The van der Waals surface area contributed by atoms with Gasteiger partial charge in [-0.15, -0.1) is 0 Å². The summed E-state index contributed by atoms with van der Waals surface area (Å²) in [5.41, 5.74) is 1.83. The number of hydrazone groups is 1. The van der Waals surface area contributed by atoms with E-state index < -0.39 is 5.91 Å². The number of thioether (sulfide) groups is 1. The SMILES string of the molecule is CCOc1ccc(-n2cccc2/C=C2\C(=N)N3N=C(c4ccco4)SC3=NC2=O)cc1. The molecule has 4 heterocycles. The molecule has 2 aliphatic rings. The van der Waals surface area contributed by atoms with Crippen LogP contribution in [0, 0.1) is 5.41 Å². The highest BCUT2D eigenvalue weighted by Crippen LogP contribution is 2.31. The van der Waals surface area contributed by atoms with Crippen LogP contribution >= 0.6 is 11.8 Å². The van der Waals surface area contributed by atoms with E-state index in [-0.39, 0.29) is 11.4 Å². The summed E-state index contributed by atoms with van der Waals surface area (Å²) in [6.07, 6.45) is 5.10. The van der Waals surface area contributed by atoms with Gasteiger partial charge < -0.3 is 13.7 Å². The Morgan fingerprint density at radius 1 is 1.19 bits per heavy atom. The van der Waals surface area contributed by atoms with E-state index in [9.17, 15) is 4.79 Å². The average molecular weight is 431 g/mol. The molecule has 31 heavy (non-hydrogen) atoms. The van der Waals surface area contributed by atoms with Crippen LogP contribution in [0.3, 0.4) is 0 Å². The number of fused-ring (bicyclic) bond motifs is 1. The molecule has 0 radical (unpaired) electrons. The number of carbonyl (C=O) groups is 1. The number of carbonyl (C=O) groups excluding carboxylic acids is 1. The third kappa shape index (κ3) is 3.49. The third-order valence-electron chi connectivity index (χ3n) is 4.68. The van der Waals surface area contributed by atoms with Crippen molar-refractivity contribution in [2.24, 2.45) is 10.1 Å². The second kappa shape index (κ2) is 7.77. The lowest BCUT2D eigenvalue weighted by Gasteiger charge is -2.20. The Bertz CT molecular complexity index is 1250. The van der Waals surface area contributed by atoms with Gasteiger partial charge >= 0.3 is 0 Å². The molecule has 0 aliphatic carbocycles. The minimum atomic E-state index is -0.473. The Labute approximate surface area is 182 Å². The Morgan fingerprint density at radius 2 is 2.03 bits per heavy atom. The minimum Gasteiger partial charge on any atom is -0.494 e. The number of aliphatic imine (C=N–C) groups is 1. The predicted molar refractivity (Wildman–Crippen MR) is 120 cm³/mol. The fourth-order valence-corrected chi connectivity index (χ4v) is 4.12. The first-order chi connectivity index (χ1) is 15.1. The number of rotatable bonds is 5. The van der Waals surface area contributed by atoms with Crippen molar-refractivity contribution in [3.63, 3.8) is 0 Å². The number of amidine groups is 2. The third-order valence-corrected chi connectivity index (χ3v) is 5.61. The maximum absolute atomic E-state index is 12.7. The summed E-state index contributed by atoms with van der Waals surface area (Å²) < 4.78 is 12.8. The van der Waals surface area contributed by atoms with Crippen molar-refractivity contribution < 1.29 is 13.9 Å². The van der Waals surface area contributed by atoms with Gasteiger partial charge in [-0.2, -0.15) is 15.1 Å². The number of amides is 1. The van der Waals surface area contributed by atoms with E-state index in [1.807, 2.05) is 54.1 Å². The highest BCUT2D eigenvalue weighted by molar-refractivity contribution is 8.27. The molecule has 1 amide bonds. The molecule has 0 fully saturated rings. The zero-order valence-corrected chi connectivity index (χ0v) is 17.3. The molecule has 9 heteroatoms. The van der Waals surface area contributed by atoms with Crippen LogP contribution < -0.4 is 4.74 Å². The highest BCUT2D eigenvalue weighted by Gasteiger charge is 2.36. The van der Waals surface area contributed by atoms with E-state index in [4.69, 9.17) is 14.6 Å². The van der Waals surface area contributed by atoms with Crippen molar-refractivity contribution in [3.8, 4) is 11.4 Å². The van der Waals surface area contributed by atoms with Crippen LogP contribution in [-0.4, -0.2) is 38.1 Å². The van der Waals surface area contributed by atoms with E-state index >= 15 is 0 Å². The average Bonchev–Trinajstić information content (AvgIpc) is 3.52. The van der Waals surface area contributed by atoms with E-state index in [2.05, 4.69) is 10.1 Å². The van der Waals surface area contributed by atoms with E-state index in [1.54, 1.807) is 24.5 Å². The zero-order valence-electron chi connectivity index (χ0n) is 16.5. The molecule has 0 atom stereocenters. The molecule has 0 unspecified atom stereocenters. The fraction of sp³-hybridized carbons (Fsp3) is 0.0909. The van der Waals surface area contributed by atoms with Gasteiger partial charge in [-0.05, 0) is 73.3 Å². The van der Waals surface area contributed by atoms with Gasteiger partial charge in [0, 0.05) is 17.6 Å². The summed E-state index contributed by atoms with van der Waals surface area (Å²) in [5.74, 6) is 0.862. The summed E-state index contributed by atoms with van der Waals surface area (Å²) >= 11 is 1.20. The maximum Gasteiger partial charge on any atom is 0.283 e. The van der Waals surface area contributed by atoms with Crippen molar-refractivity contribution >= 4 is 39.8 Å². The molecule has 2 aliphatic heterocycles. The standard InChI is InChI=1S/C22H17N5O3S/c1-2-29-16-9-7-14(8-10-16)26-11-3-5-15(26)13-17-19(23)27-22(24-20(17)28)31-21(25-27)18-6-4-12-30-18/h3-13,23H,2H2,1H3/b17-13+,23-19?. The summed E-state index contributed by atoms with van der Waals surface area (Å²) in [7, 11) is 0. The van der Waals surface area contributed by atoms with E-state index in [0.29, 0.717) is 22.6 Å². The van der Waals surface area contributed by atoms with Gasteiger partial charge in [0.25, 0.3) is 5.91 Å². The lowest BCUT2D eigenvalue weighted by Crippen LogP contribution is -2.35. The Kier molecular flexibility index (Phi) is 4.79. The van der Waals surface area contributed by atoms with Crippen LogP contribution in [0.1, 0.15) is 18.4 Å². The fourth-order valence-electron chi connectivity index (χ4n) is 3.26. The molecule has 2 aromatic heterocycles. The van der Waals surface area contributed by atoms with Gasteiger partial charge in [-0.1, -0.05) is 0 Å². The van der Waals surface area contributed by atoms with Crippen LogP contribution in [0.5, 0.6) is 5.75 Å². The van der Waals surface area contributed by atoms with Gasteiger partial charge in [0.2, 0.25) is 5.17 Å². The number of furan rings is 1. The highest BCUT2D eigenvalue weighted by atomic mass is 32.2. The number of aromatic nitrogens is 1. The number of hydrogen-bond donors (Lipinski definition) is 1. The molecule has 1 N–H and O–H groups in total. The second-order valence-electron chi connectivity index (χ2n) is 6.63. The Balaban J connectivity index is 1.47. The number of benzene rings is 1. The summed E-state index contributed by atoms with van der Waals surface area (Å²) in [4.78, 5) is 16.8. The first-order valence-electron chi connectivity index (χ1n) is 9.58. The number of ether oxygens (including phenoxy) is 1. The van der Waals surface area contributed by atoms with Gasteiger partial charge in [0.1, 0.15) is 5.75 Å². The lowest BCUT2D eigenvalue weighted by molar-refractivity contribution is -0.114. The molecule has 0 bridgehead atoms. The molecule has 1 aromatic carbocycles. The molecular formula is C22H17N5O3S. The van der Waals surface area contributed by atoms with Gasteiger partial charge in [-0.3, -0.25) is 10.2 Å². The van der Waals surface area contributed by atoms with Crippen LogP contribution in [-0.2, 0) is 4.79 Å². The van der Waals surface area contributed by atoms with Crippen molar-refractivity contribution in [2.45, 2.75) is 6.92 Å². The normalized spacial score (nSPS) is 17.1. The molecule has 0 spiro atoms. The smallest absolute Gasteiger partial charge is 0.283 e. The first-order valence-corrected chi connectivity index (χ1v) is 10.4. The first kappa shape index (κ1) is 19.1. The number of nitrogens with zero attached hydrogens (tertiary/aromatic N) is 4. The predicted octanol–water partition coefficient (Wildman–Crippen LogP) is 4.14. The minimum absolute atomic E-state index is 0.0245. The quantitative estimate of drug-likeness (QED) is 0.613.